The molecule has 1 amide bonds. The molecule has 8 heteroatoms. The molecule has 2 aliphatic rings. The molecule has 0 aliphatic carbocycles. The number of aromatic nitrogens is 3. The first-order chi connectivity index (χ1) is 16.6. The van der Waals surface area contributed by atoms with E-state index in [0.717, 1.165) is 42.6 Å². The maximum atomic E-state index is 13.8. The van der Waals surface area contributed by atoms with Gasteiger partial charge >= 0.3 is 0 Å². The zero-order chi connectivity index (χ0) is 23.4. The lowest BCUT2D eigenvalue weighted by atomic mass is 9.96. The van der Waals surface area contributed by atoms with Crippen molar-refractivity contribution < 1.29 is 9.53 Å². The minimum atomic E-state index is -0.187. The standard InChI is InChI=1S/C26H28N4O3S/c1-3-20-17-7-11-34-23(17)4-8-29(20)26(32)18-13-19-21(12-15(18)2)30-22(25(31)28-19)14-27-24(30)16-5-9-33-10-6-16/h7,11-14,16,20H,3-6,8-10H2,1-2H3,(H,28,31). The number of thiophene rings is 1. The summed E-state index contributed by atoms with van der Waals surface area (Å²) in [6.45, 7) is 6.25. The first-order valence-electron chi connectivity index (χ1n) is 12.1. The Kier molecular flexibility index (Phi) is 5.30. The molecule has 6 rings (SSSR count). The van der Waals surface area contributed by atoms with Crippen LogP contribution in [0.1, 0.15) is 70.3 Å². The zero-order valence-corrected chi connectivity index (χ0v) is 20.3. The number of nitrogens with zero attached hydrogens (tertiary/aromatic N) is 3. The second-order valence-electron chi connectivity index (χ2n) is 9.33. The highest BCUT2D eigenvalue weighted by molar-refractivity contribution is 7.10. The number of ether oxygens (including phenoxy) is 1. The fourth-order valence-electron chi connectivity index (χ4n) is 5.65. The molecule has 4 aromatic rings. The third-order valence-corrected chi connectivity index (χ3v) is 8.41. The van der Waals surface area contributed by atoms with Crippen molar-refractivity contribution in [1.82, 2.24) is 19.3 Å². The number of fused-ring (bicyclic) bond motifs is 4. The summed E-state index contributed by atoms with van der Waals surface area (Å²) < 4.78 is 7.51. The molecule has 0 spiro atoms. The van der Waals surface area contributed by atoms with Gasteiger partial charge in [0.2, 0.25) is 0 Å². The van der Waals surface area contributed by atoms with Crippen molar-refractivity contribution in [2.75, 3.05) is 19.8 Å². The van der Waals surface area contributed by atoms with E-state index in [1.165, 1.54) is 10.4 Å². The molecule has 5 heterocycles. The Hall–Kier alpha value is -2.97. The third kappa shape index (κ3) is 3.31. The minimum absolute atomic E-state index is 0.0272. The maximum Gasteiger partial charge on any atom is 0.274 e. The summed E-state index contributed by atoms with van der Waals surface area (Å²) in [5.41, 5.74) is 4.73. The molecule has 0 bridgehead atoms. The van der Waals surface area contributed by atoms with Crippen LogP contribution >= 0.6 is 11.3 Å². The van der Waals surface area contributed by atoms with Crippen LogP contribution in [-0.2, 0) is 11.2 Å². The van der Waals surface area contributed by atoms with E-state index in [2.05, 4.69) is 28.3 Å². The topological polar surface area (TPSA) is 79.7 Å². The fraction of sp³-hybridized carbons (Fsp3) is 0.423. The van der Waals surface area contributed by atoms with E-state index >= 15 is 0 Å². The largest absolute Gasteiger partial charge is 0.381 e. The Balaban J connectivity index is 1.46. The lowest BCUT2D eigenvalue weighted by molar-refractivity contribution is 0.0657. The molecule has 3 aromatic heterocycles. The van der Waals surface area contributed by atoms with E-state index in [-0.39, 0.29) is 23.4 Å². The van der Waals surface area contributed by atoms with Crippen LogP contribution in [0.4, 0.5) is 0 Å². The second kappa shape index (κ2) is 8.36. The zero-order valence-electron chi connectivity index (χ0n) is 19.5. The van der Waals surface area contributed by atoms with Crippen LogP contribution in [0, 0.1) is 6.92 Å². The van der Waals surface area contributed by atoms with Crippen molar-refractivity contribution in [3.05, 3.63) is 67.5 Å². The Labute approximate surface area is 201 Å². The predicted octanol–water partition coefficient (Wildman–Crippen LogP) is 4.59. The molecule has 0 radical (unpaired) electrons. The van der Waals surface area contributed by atoms with Gasteiger partial charge in [-0.15, -0.1) is 11.3 Å². The molecular weight excluding hydrogens is 448 g/mol. The second-order valence-corrected chi connectivity index (χ2v) is 10.3. The third-order valence-electron chi connectivity index (χ3n) is 7.41. The van der Waals surface area contributed by atoms with Crippen molar-refractivity contribution in [2.24, 2.45) is 0 Å². The number of H-pyrrole nitrogens is 1. The minimum Gasteiger partial charge on any atom is -0.381 e. The monoisotopic (exact) mass is 476 g/mol. The van der Waals surface area contributed by atoms with E-state index < -0.39 is 0 Å². The van der Waals surface area contributed by atoms with Gasteiger partial charge in [0.15, 0.2) is 0 Å². The van der Waals surface area contributed by atoms with Gasteiger partial charge in [0.25, 0.3) is 11.5 Å². The molecule has 34 heavy (non-hydrogen) atoms. The number of imidazole rings is 1. The van der Waals surface area contributed by atoms with Crippen LogP contribution in [0.15, 0.2) is 34.6 Å². The predicted molar refractivity (Wildman–Crippen MR) is 133 cm³/mol. The quantitative estimate of drug-likeness (QED) is 0.469. The van der Waals surface area contributed by atoms with E-state index in [1.54, 1.807) is 17.5 Å². The van der Waals surface area contributed by atoms with E-state index in [9.17, 15) is 9.59 Å². The van der Waals surface area contributed by atoms with Crippen LogP contribution in [-0.4, -0.2) is 44.9 Å². The molecule has 176 valence electrons. The molecule has 7 nitrogen and oxygen atoms in total. The molecule has 1 saturated heterocycles. The number of carbonyl (C=O) groups is 1. The molecule has 1 fully saturated rings. The van der Waals surface area contributed by atoms with Crippen LogP contribution in [0.5, 0.6) is 0 Å². The summed E-state index contributed by atoms with van der Waals surface area (Å²) in [6.07, 6.45) is 5.21. The summed E-state index contributed by atoms with van der Waals surface area (Å²) in [5.74, 6) is 1.18. The van der Waals surface area contributed by atoms with Crippen molar-refractivity contribution in [2.45, 2.75) is 51.5 Å². The van der Waals surface area contributed by atoms with Crippen LogP contribution in [0.25, 0.3) is 16.6 Å². The highest BCUT2D eigenvalue weighted by atomic mass is 32.1. The number of benzene rings is 1. The smallest absolute Gasteiger partial charge is 0.274 e. The number of hydrogen-bond acceptors (Lipinski definition) is 5. The van der Waals surface area contributed by atoms with Crippen molar-refractivity contribution in [3.8, 4) is 0 Å². The lowest BCUT2D eigenvalue weighted by Gasteiger charge is -2.36. The Morgan fingerprint density at radius 3 is 2.88 bits per heavy atom. The van der Waals surface area contributed by atoms with Crippen molar-refractivity contribution >= 4 is 33.8 Å². The summed E-state index contributed by atoms with van der Waals surface area (Å²) >= 11 is 1.78. The summed E-state index contributed by atoms with van der Waals surface area (Å²) in [6, 6.07) is 6.13. The van der Waals surface area contributed by atoms with Crippen LogP contribution in [0.3, 0.4) is 0 Å². The van der Waals surface area contributed by atoms with Gasteiger partial charge in [0.05, 0.1) is 23.3 Å². The normalized spacial score (nSPS) is 19.1. The van der Waals surface area contributed by atoms with Gasteiger partial charge in [-0.2, -0.15) is 0 Å². The highest BCUT2D eigenvalue weighted by Crippen LogP contribution is 2.37. The Bertz CT molecular complexity index is 1460. The van der Waals surface area contributed by atoms with Gasteiger partial charge in [-0.05, 0) is 67.3 Å². The summed E-state index contributed by atoms with van der Waals surface area (Å²) in [4.78, 5) is 37.7. The molecule has 2 aliphatic heterocycles. The average Bonchev–Trinajstić information content (AvgIpc) is 3.52. The van der Waals surface area contributed by atoms with E-state index in [4.69, 9.17) is 4.74 Å². The number of aryl methyl sites for hydroxylation is 1. The van der Waals surface area contributed by atoms with Gasteiger partial charge in [-0.25, -0.2) is 4.98 Å². The number of amides is 1. The van der Waals surface area contributed by atoms with Crippen molar-refractivity contribution in [1.29, 1.82) is 0 Å². The van der Waals surface area contributed by atoms with E-state index in [1.807, 2.05) is 28.4 Å². The van der Waals surface area contributed by atoms with E-state index in [0.29, 0.717) is 36.4 Å². The molecular formula is C26H28N4O3S. The first kappa shape index (κ1) is 21.6. The Morgan fingerprint density at radius 2 is 2.09 bits per heavy atom. The lowest BCUT2D eigenvalue weighted by Crippen LogP contribution is -2.39. The highest BCUT2D eigenvalue weighted by Gasteiger charge is 2.32. The number of aromatic amines is 1. The molecule has 1 N–H and O–H groups in total. The fourth-order valence-corrected chi connectivity index (χ4v) is 6.58. The summed E-state index contributed by atoms with van der Waals surface area (Å²) in [5, 5.41) is 2.12. The molecule has 1 atom stereocenters. The number of rotatable bonds is 3. The van der Waals surface area contributed by atoms with Crippen LogP contribution in [0.2, 0.25) is 0 Å². The molecule has 0 saturated carbocycles. The molecule has 1 unspecified atom stereocenters. The van der Waals surface area contributed by atoms with Crippen LogP contribution < -0.4 is 5.56 Å². The van der Waals surface area contributed by atoms with Crippen molar-refractivity contribution in [3.63, 3.8) is 0 Å². The summed E-state index contributed by atoms with van der Waals surface area (Å²) in [7, 11) is 0. The first-order valence-corrected chi connectivity index (χ1v) is 12.9. The van der Waals surface area contributed by atoms with Gasteiger partial charge < -0.3 is 14.6 Å². The molecule has 1 aromatic carbocycles. The average molecular weight is 477 g/mol. The van der Waals surface area contributed by atoms with Gasteiger partial charge in [0.1, 0.15) is 11.3 Å². The number of nitrogens with one attached hydrogen (secondary N) is 1. The van der Waals surface area contributed by atoms with Gasteiger partial charge in [-0.1, -0.05) is 6.92 Å². The Morgan fingerprint density at radius 1 is 1.26 bits per heavy atom. The number of carbonyl (C=O) groups excluding carboxylic acids is 1. The number of hydrogen-bond donors (Lipinski definition) is 1. The van der Waals surface area contributed by atoms with Gasteiger partial charge in [-0.3, -0.25) is 14.0 Å². The SMILES string of the molecule is CCC1c2ccsc2CCN1C(=O)c1cc2[nH]c(=O)c3cnc(C4CCOCC4)n3c2cc1C. The maximum absolute atomic E-state index is 13.8. The van der Waals surface area contributed by atoms with Gasteiger partial charge in [0, 0.05) is 36.1 Å².